The summed E-state index contributed by atoms with van der Waals surface area (Å²) in [5, 5.41) is 0. The van der Waals surface area contributed by atoms with Crippen LogP contribution in [0.4, 0.5) is 4.39 Å². The lowest BCUT2D eigenvalue weighted by molar-refractivity contribution is 0.111. The third-order valence-corrected chi connectivity index (χ3v) is 1.46. The molecule has 1 heterocycles. The molecule has 0 radical (unpaired) electrons. The van der Waals surface area contributed by atoms with Gasteiger partial charge in [-0.2, -0.15) is 4.39 Å². The van der Waals surface area contributed by atoms with Crippen LogP contribution in [0.5, 0.6) is 0 Å². The van der Waals surface area contributed by atoms with Gasteiger partial charge in [-0.05, 0) is 17.7 Å². The lowest BCUT2D eigenvalue weighted by Crippen LogP contribution is -1.93. The van der Waals surface area contributed by atoms with E-state index in [1.54, 1.807) is 0 Å². The zero-order valence-corrected chi connectivity index (χ0v) is 6.31. The first kappa shape index (κ1) is 8.14. The van der Waals surface area contributed by atoms with Crippen molar-refractivity contribution in [3.8, 4) is 0 Å². The maximum Gasteiger partial charge on any atom is 0.213 e. The van der Waals surface area contributed by atoms with Gasteiger partial charge < -0.3 is 0 Å². The van der Waals surface area contributed by atoms with Gasteiger partial charge in [-0.1, -0.05) is 0 Å². The molecule has 0 aliphatic carbocycles. The fourth-order valence-electron chi connectivity index (χ4n) is 0.710. The van der Waals surface area contributed by atoms with Crippen LogP contribution in [0.3, 0.4) is 0 Å². The molecule has 0 saturated heterocycles. The van der Waals surface area contributed by atoms with Crippen molar-refractivity contribution in [1.29, 1.82) is 0 Å². The number of hydrogen-bond donors (Lipinski definition) is 0. The number of rotatable bonds is 2. The first-order chi connectivity index (χ1) is 5.26. The van der Waals surface area contributed by atoms with Crippen LogP contribution in [-0.2, 0) is 5.88 Å². The van der Waals surface area contributed by atoms with E-state index in [1.165, 1.54) is 12.1 Å². The van der Waals surface area contributed by atoms with Crippen molar-refractivity contribution >= 4 is 17.9 Å². The molecule has 1 aromatic heterocycles. The summed E-state index contributed by atoms with van der Waals surface area (Å²) in [5.74, 6) is -0.495. The number of halogens is 2. The van der Waals surface area contributed by atoms with Crippen molar-refractivity contribution in [3.63, 3.8) is 0 Å². The van der Waals surface area contributed by atoms with Crippen LogP contribution >= 0.6 is 11.6 Å². The highest BCUT2D eigenvalue weighted by Crippen LogP contribution is 2.06. The van der Waals surface area contributed by atoms with Crippen LogP contribution in [0.15, 0.2) is 12.1 Å². The van der Waals surface area contributed by atoms with Gasteiger partial charge in [-0.15, -0.1) is 11.6 Å². The van der Waals surface area contributed by atoms with E-state index in [2.05, 4.69) is 4.98 Å². The topological polar surface area (TPSA) is 30.0 Å². The Kier molecular flexibility index (Phi) is 2.54. The minimum Gasteiger partial charge on any atom is -0.296 e. The van der Waals surface area contributed by atoms with Crippen LogP contribution in [0.25, 0.3) is 0 Å². The normalized spacial score (nSPS) is 9.64. The van der Waals surface area contributed by atoms with Crippen LogP contribution in [0, 0.1) is 5.95 Å². The number of carbonyl (C=O) groups is 1. The molecule has 0 N–H and O–H groups in total. The van der Waals surface area contributed by atoms with Gasteiger partial charge in [0.15, 0.2) is 6.29 Å². The monoisotopic (exact) mass is 173 g/mol. The Bertz CT molecular complexity index is 277. The van der Waals surface area contributed by atoms with E-state index in [-0.39, 0.29) is 11.6 Å². The van der Waals surface area contributed by atoms with E-state index in [0.717, 1.165) is 0 Å². The number of hydrogen-bond acceptors (Lipinski definition) is 2. The second-order valence-corrected chi connectivity index (χ2v) is 2.24. The number of pyridine rings is 1. The number of alkyl halides is 1. The van der Waals surface area contributed by atoms with Gasteiger partial charge in [-0.25, -0.2) is 4.98 Å². The second kappa shape index (κ2) is 3.44. The molecule has 2 nitrogen and oxygen atoms in total. The van der Waals surface area contributed by atoms with E-state index >= 15 is 0 Å². The number of aromatic nitrogens is 1. The fourth-order valence-corrected chi connectivity index (χ4v) is 0.864. The highest BCUT2D eigenvalue weighted by molar-refractivity contribution is 6.17. The van der Waals surface area contributed by atoms with E-state index < -0.39 is 5.95 Å². The zero-order chi connectivity index (χ0) is 8.27. The smallest absolute Gasteiger partial charge is 0.213 e. The summed E-state index contributed by atoms with van der Waals surface area (Å²) in [6, 6.07) is 2.64. The molecule has 1 rings (SSSR count). The van der Waals surface area contributed by atoms with Crippen molar-refractivity contribution in [2.75, 3.05) is 0 Å². The Morgan fingerprint density at radius 3 is 2.91 bits per heavy atom. The minimum atomic E-state index is -0.676. The predicted molar refractivity (Wildman–Crippen MR) is 39.1 cm³/mol. The molecule has 58 valence electrons. The Labute approximate surface area is 68.0 Å². The molecule has 0 amide bonds. The SMILES string of the molecule is O=Cc1cc(CCl)cc(F)n1. The second-order valence-electron chi connectivity index (χ2n) is 1.97. The number of nitrogens with zero attached hydrogens (tertiary/aromatic N) is 1. The van der Waals surface area contributed by atoms with Gasteiger partial charge in [0, 0.05) is 5.88 Å². The zero-order valence-electron chi connectivity index (χ0n) is 5.55. The molecule has 0 aliphatic heterocycles. The van der Waals surface area contributed by atoms with E-state index in [9.17, 15) is 9.18 Å². The van der Waals surface area contributed by atoms with Crippen LogP contribution in [0.1, 0.15) is 16.1 Å². The van der Waals surface area contributed by atoms with Crippen molar-refractivity contribution in [3.05, 3.63) is 29.3 Å². The van der Waals surface area contributed by atoms with Crippen LogP contribution in [-0.4, -0.2) is 11.3 Å². The molecule has 1 aromatic rings. The Hall–Kier alpha value is -0.960. The maximum atomic E-state index is 12.5. The molecular formula is C7H5ClFNO. The largest absolute Gasteiger partial charge is 0.296 e. The predicted octanol–water partition coefficient (Wildman–Crippen LogP) is 1.77. The molecule has 0 spiro atoms. The molecule has 0 unspecified atom stereocenters. The maximum absolute atomic E-state index is 12.5. The Balaban J connectivity index is 3.11. The van der Waals surface area contributed by atoms with Gasteiger partial charge in [0.25, 0.3) is 0 Å². The molecule has 4 heteroatoms. The first-order valence-electron chi connectivity index (χ1n) is 2.94. The number of aldehydes is 1. The summed E-state index contributed by atoms with van der Waals surface area (Å²) in [6.07, 6.45) is 0.485. The van der Waals surface area contributed by atoms with E-state index in [1.807, 2.05) is 0 Å². The Morgan fingerprint density at radius 1 is 1.64 bits per heavy atom. The fraction of sp³-hybridized carbons (Fsp3) is 0.143. The van der Waals surface area contributed by atoms with Crippen LogP contribution in [0.2, 0.25) is 0 Å². The third kappa shape index (κ3) is 1.98. The van der Waals surface area contributed by atoms with Gasteiger partial charge >= 0.3 is 0 Å². The van der Waals surface area contributed by atoms with Crippen molar-refractivity contribution < 1.29 is 9.18 Å². The van der Waals surface area contributed by atoms with Gasteiger partial charge in [0.1, 0.15) is 5.69 Å². The average Bonchev–Trinajstić information content (AvgIpc) is 2.03. The lowest BCUT2D eigenvalue weighted by Gasteiger charge is -1.95. The number of carbonyl (C=O) groups excluding carboxylic acids is 1. The van der Waals surface area contributed by atoms with Crippen LogP contribution < -0.4 is 0 Å². The quantitative estimate of drug-likeness (QED) is 0.388. The van der Waals surface area contributed by atoms with Gasteiger partial charge in [-0.3, -0.25) is 4.79 Å². The van der Waals surface area contributed by atoms with E-state index in [4.69, 9.17) is 11.6 Å². The average molecular weight is 174 g/mol. The lowest BCUT2D eigenvalue weighted by atomic mass is 10.2. The minimum absolute atomic E-state index is 0.0700. The van der Waals surface area contributed by atoms with Crippen molar-refractivity contribution in [2.24, 2.45) is 0 Å². The third-order valence-electron chi connectivity index (χ3n) is 1.15. The first-order valence-corrected chi connectivity index (χ1v) is 3.47. The highest BCUT2D eigenvalue weighted by atomic mass is 35.5. The van der Waals surface area contributed by atoms with Gasteiger partial charge in [0.2, 0.25) is 5.95 Å². The molecule has 0 fully saturated rings. The summed E-state index contributed by atoms with van der Waals surface area (Å²) in [5.41, 5.74) is 0.627. The molecule has 0 aromatic carbocycles. The van der Waals surface area contributed by atoms with E-state index in [0.29, 0.717) is 11.8 Å². The molecule has 0 atom stereocenters. The summed E-state index contributed by atoms with van der Waals surface area (Å²) in [6.45, 7) is 0. The molecular weight excluding hydrogens is 169 g/mol. The van der Waals surface area contributed by atoms with Gasteiger partial charge in [0.05, 0.1) is 0 Å². The molecule has 0 bridgehead atoms. The summed E-state index contributed by atoms with van der Waals surface area (Å²) in [4.78, 5) is 13.5. The standard InChI is InChI=1S/C7H5ClFNO/c8-3-5-1-6(4-11)10-7(9)2-5/h1-2,4H,3H2. The summed E-state index contributed by atoms with van der Waals surface area (Å²) in [7, 11) is 0. The van der Waals surface area contributed by atoms with Crippen molar-refractivity contribution in [2.45, 2.75) is 5.88 Å². The molecule has 11 heavy (non-hydrogen) atoms. The molecule has 0 saturated carbocycles. The Morgan fingerprint density at radius 2 is 2.36 bits per heavy atom. The molecule has 0 aliphatic rings. The summed E-state index contributed by atoms with van der Waals surface area (Å²) < 4.78 is 12.5. The van der Waals surface area contributed by atoms with Crippen molar-refractivity contribution in [1.82, 2.24) is 4.98 Å². The highest BCUT2D eigenvalue weighted by Gasteiger charge is 1.99. The summed E-state index contributed by atoms with van der Waals surface area (Å²) >= 11 is 5.42.